The molecule has 7 heteroatoms. The Morgan fingerprint density at radius 2 is 1.57 bits per heavy atom. The molecule has 0 saturated heterocycles. The third-order valence-corrected chi connectivity index (χ3v) is 5.61. The van der Waals surface area contributed by atoms with E-state index in [1.54, 1.807) is 24.4 Å². The van der Waals surface area contributed by atoms with Crippen LogP contribution in [-0.2, 0) is 6.42 Å². The molecule has 2 aromatic heterocycles. The molecular weight excluding hydrogens is 443 g/mol. The Morgan fingerprint density at radius 3 is 2.29 bits per heavy atom. The first-order chi connectivity index (χ1) is 17.2. The zero-order chi connectivity index (χ0) is 24.0. The number of halogens is 1. The van der Waals surface area contributed by atoms with Crippen LogP contribution in [0, 0.1) is 5.82 Å². The molecule has 0 amide bonds. The Bertz CT molecular complexity index is 1390. The highest BCUT2D eigenvalue weighted by molar-refractivity contribution is 5.76. The summed E-state index contributed by atoms with van der Waals surface area (Å²) >= 11 is 0. The van der Waals surface area contributed by atoms with Crippen LogP contribution in [0.15, 0.2) is 97.2 Å². The van der Waals surface area contributed by atoms with Crippen LogP contribution in [0.5, 0.6) is 11.8 Å². The SMILES string of the molecule is OC[C@H](Cc1ccccc1)c1nc(-c2ccc(F)cc2)c(-c2ccnc(Oc3ccccc3)n2)[nH]1. The van der Waals surface area contributed by atoms with Gasteiger partial charge in [0.05, 0.1) is 23.7 Å². The maximum absolute atomic E-state index is 13.6. The maximum Gasteiger partial charge on any atom is 0.322 e. The molecule has 0 aliphatic heterocycles. The lowest BCUT2D eigenvalue weighted by Gasteiger charge is -2.11. The number of para-hydroxylation sites is 1. The van der Waals surface area contributed by atoms with Crippen molar-refractivity contribution in [1.82, 2.24) is 19.9 Å². The third-order valence-electron chi connectivity index (χ3n) is 5.61. The van der Waals surface area contributed by atoms with Gasteiger partial charge in [-0.2, -0.15) is 4.98 Å². The Morgan fingerprint density at radius 1 is 0.857 bits per heavy atom. The summed E-state index contributed by atoms with van der Waals surface area (Å²) in [7, 11) is 0. The molecule has 3 aromatic carbocycles. The number of ether oxygens (including phenoxy) is 1. The highest BCUT2D eigenvalue weighted by atomic mass is 19.1. The van der Waals surface area contributed by atoms with Gasteiger partial charge in [0, 0.05) is 17.7 Å². The number of H-pyrrole nitrogens is 1. The normalized spacial score (nSPS) is 11.8. The summed E-state index contributed by atoms with van der Waals surface area (Å²) in [5.41, 5.74) is 3.63. The zero-order valence-electron chi connectivity index (χ0n) is 18.8. The van der Waals surface area contributed by atoms with Gasteiger partial charge in [0.15, 0.2) is 0 Å². The Kier molecular flexibility index (Phi) is 6.59. The number of hydrogen-bond acceptors (Lipinski definition) is 5. The second-order valence-electron chi connectivity index (χ2n) is 8.06. The van der Waals surface area contributed by atoms with Crippen LogP contribution in [0.4, 0.5) is 4.39 Å². The van der Waals surface area contributed by atoms with Gasteiger partial charge in [-0.25, -0.2) is 14.4 Å². The van der Waals surface area contributed by atoms with E-state index in [1.807, 2.05) is 60.7 Å². The van der Waals surface area contributed by atoms with Crippen LogP contribution in [-0.4, -0.2) is 31.6 Å². The lowest BCUT2D eigenvalue weighted by molar-refractivity contribution is 0.260. The number of aromatic amines is 1. The lowest BCUT2D eigenvalue weighted by Crippen LogP contribution is -2.09. The number of rotatable bonds is 8. The van der Waals surface area contributed by atoms with E-state index in [1.165, 1.54) is 12.1 Å². The van der Waals surface area contributed by atoms with Crippen molar-refractivity contribution in [3.63, 3.8) is 0 Å². The lowest BCUT2D eigenvalue weighted by atomic mass is 9.99. The first-order valence-corrected chi connectivity index (χ1v) is 11.3. The smallest absolute Gasteiger partial charge is 0.322 e. The molecular formula is C28H23FN4O2. The van der Waals surface area contributed by atoms with E-state index in [-0.39, 0.29) is 24.4 Å². The summed E-state index contributed by atoms with van der Waals surface area (Å²) in [5.74, 6) is 0.655. The van der Waals surface area contributed by atoms with Gasteiger partial charge in [0.2, 0.25) is 0 Å². The number of hydrogen-bond donors (Lipinski definition) is 2. The van der Waals surface area contributed by atoms with Crippen LogP contribution in [0.2, 0.25) is 0 Å². The number of nitrogens with one attached hydrogen (secondary N) is 1. The number of aliphatic hydroxyl groups is 1. The molecule has 35 heavy (non-hydrogen) atoms. The first kappa shape index (κ1) is 22.4. The fourth-order valence-corrected chi connectivity index (χ4v) is 3.86. The minimum Gasteiger partial charge on any atom is -0.424 e. The molecule has 2 heterocycles. The minimum atomic E-state index is -0.330. The number of aromatic nitrogens is 4. The second-order valence-corrected chi connectivity index (χ2v) is 8.06. The molecule has 0 saturated carbocycles. The monoisotopic (exact) mass is 466 g/mol. The molecule has 174 valence electrons. The van der Waals surface area contributed by atoms with Crippen LogP contribution in [0.25, 0.3) is 22.6 Å². The van der Waals surface area contributed by atoms with Crippen LogP contribution in [0.1, 0.15) is 17.3 Å². The van der Waals surface area contributed by atoms with Gasteiger partial charge in [0.1, 0.15) is 17.4 Å². The Labute approximate surface area is 202 Å². The second kappa shape index (κ2) is 10.3. The van der Waals surface area contributed by atoms with Crippen molar-refractivity contribution in [3.8, 4) is 34.4 Å². The van der Waals surface area contributed by atoms with Crippen LogP contribution >= 0.6 is 0 Å². The highest BCUT2D eigenvalue weighted by Gasteiger charge is 2.22. The fourth-order valence-electron chi connectivity index (χ4n) is 3.86. The molecule has 5 aromatic rings. The molecule has 0 radical (unpaired) electrons. The van der Waals surface area contributed by atoms with Gasteiger partial charge >= 0.3 is 6.01 Å². The summed E-state index contributed by atoms with van der Waals surface area (Å²) < 4.78 is 19.4. The van der Waals surface area contributed by atoms with Gasteiger partial charge in [-0.05, 0) is 54.4 Å². The van der Waals surface area contributed by atoms with E-state index >= 15 is 0 Å². The minimum absolute atomic E-state index is 0.0865. The van der Waals surface area contributed by atoms with Gasteiger partial charge in [-0.15, -0.1) is 0 Å². The third kappa shape index (κ3) is 5.26. The molecule has 0 aliphatic rings. The number of aliphatic hydroxyl groups excluding tert-OH is 1. The molecule has 0 spiro atoms. The van der Waals surface area contributed by atoms with Crippen molar-refractivity contribution in [2.75, 3.05) is 6.61 Å². The average molecular weight is 467 g/mol. The number of imidazole rings is 1. The predicted octanol–water partition coefficient (Wildman–Crippen LogP) is 5.78. The van der Waals surface area contributed by atoms with E-state index in [9.17, 15) is 9.50 Å². The van der Waals surface area contributed by atoms with Gasteiger partial charge in [-0.1, -0.05) is 48.5 Å². The molecule has 0 fully saturated rings. The zero-order valence-corrected chi connectivity index (χ0v) is 18.8. The molecule has 0 aliphatic carbocycles. The topological polar surface area (TPSA) is 83.9 Å². The van der Waals surface area contributed by atoms with Gasteiger partial charge in [0.25, 0.3) is 0 Å². The quantitative estimate of drug-likeness (QED) is 0.303. The highest BCUT2D eigenvalue weighted by Crippen LogP contribution is 2.33. The Hall–Kier alpha value is -4.36. The van der Waals surface area contributed by atoms with Gasteiger partial charge in [-0.3, -0.25) is 0 Å². The fraction of sp³-hybridized carbons (Fsp3) is 0.107. The summed E-state index contributed by atoms with van der Waals surface area (Å²) in [4.78, 5) is 17.0. The van der Waals surface area contributed by atoms with Crippen molar-refractivity contribution >= 4 is 0 Å². The predicted molar refractivity (Wildman–Crippen MR) is 131 cm³/mol. The number of nitrogens with zero attached hydrogens (tertiary/aromatic N) is 3. The largest absolute Gasteiger partial charge is 0.424 e. The van der Waals surface area contributed by atoms with Crippen molar-refractivity contribution in [2.24, 2.45) is 0 Å². The summed E-state index contributed by atoms with van der Waals surface area (Å²) in [6, 6.07) is 27.3. The molecule has 0 unspecified atom stereocenters. The number of benzene rings is 3. The standard InChI is InChI=1S/C28H23FN4O2/c29-22-13-11-20(12-14-22)25-26(24-15-16-30-28(31-24)35-23-9-5-2-6-10-23)33-27(32-25)21(18-34)17-19-7-3-1-4-8-19/h1-16,21,34H,17-18H2,(H,32,33)/t21-/m0/s1. The van der Waals surface area contributed by atoms with Crippen LogP contribution in [0.3, 0.4) is 0 Å². The van der Waals surface area contributed by atoms with E-state index in [0.717, 1.165) is 11.1 Å². The van der Waals surface area contributed by atoms with Crippen molar-refractivity contribution in [2.45, 2.75) is 12.3 Å². The van der Waals surface area contributed by atoms with E-state index in [2.05, 4.69) is 15.0 Å². The van der Waals surface area contributed by atoms with E-state index in [0.29, 0.717) is 35.1 Å². The van der Waals surface area contributed by atoms with E-state index < -0.39 is 0 Å². The molecule has 1 atom stereocenters. The summed E-state index contributed by atoms with van der Waals surface area (Å²) in [5, 5.41) is 10.2. The van der Waals surface area contributed by atoms with Gasteiger partial charge < -0.3 is 14.8 Å². The summed E-state index contributed by atoms with van der Waals surface area (Å²) in [6.07, 6.45) is 2.22. The van der Waals surface area contributed by atoms with Crippen molar-refractivity contribution < 1.29 is 14.2 Å². The van der Waals surface area contributed by atoms with Crippen molar-refractivity contribution in [3.05, 3.63) is 114 Å². The Balaban J connectivity index is 1.54. The molecule has 5 rings (SSSR count). The van der Waals surface area contributed by atoms with Crippen molar-refractivity contribution in [1.29, 1.82) is 0 Å². The molecule has 6 nitrogen and oxygen atoms in total. The average Bonchev–Trinajstić information content (AvgIpc) is 3.34. The maximum atomic E-state index is 13.6. The van der Waals surface area contributed by atoms with Crippen LogP contribution < -0.4 is 4.74 Å². The first-order valence-electron chi connectivity index (χ1n) is 11.3. The molecule has 2 N–H and O–H groups in total. The molecule has 0 bridgehead atoms. The van der Waals surface area contributed by atoms with E-state index in [4.69, 9.17) is 9.72 Å². The summed E-state index contributed by atoms with van der Waals surface area (Å²) in [6.45, 7) is -0.0865.